The van der Waals surface area contributed by atoms with Gasteiger partial charge in [-0.15, -0.1) is 5.10 Å². The molecule has 0 aliphatic carbocycles. The van der Waals surface area contributed by atoms with Gasteiger partial charge in [0.1, 0.15) is 5.69 Å². The zero-order chi connectivity index (χ0) is 15.0. The summed E-state index contributed by atoms with van der Waals surface area (Å²) < 4.78 is 35.6. The lowest BCUT2D eigenvalue weighted by Crippen LogP contribution is -2.16. The molecule has 1 aromatic rings. The minimum absolute atomic E-state index is 0.0670. The molecule has 8 heteroatoms. The maximum Gasteiger partial charge on any atom is 0.204 e. The van der Waals surface area contributed by atoms with Gasteiger partial charge in [0.2, 0.25) is 6.29 Å². The van der Waals surface area contributed by atoms with Gasteiger partial charge in [-0.25, -0.2) is 8.42 Å². The molecule has 0 saturated heterocycles. The van der Waals surface area contributed by atoms with Crippen LogP contribution in [-0.2, 0) is 25.9 Å². The lowest BCUT2D eigenvalue weighted by atomic mass is 10.4. The number of nitrogens with zero attached hydrogens (tertiary/aromatic N) is 3. The fourth-order valence-corrected chi connectivity index (χ4v) is 2.99. The molecule has 1 aromatic heterocycles. The molecule has 1 rings (SSSR count). The Kier molecular flexibility index (Phi) is 7.11. The zero-order valence-corrected chi connectivity index (χ0v) is 13.1. The van der Waals surface area contributed by atoms with Crippen LogP contribution >= 0.6 is 0 Å². The van der Waals surface area contributed by atoms with Crippen LogP contribution in [0.3, 0.4) is 0 Å². The minimum atomic E-state index is -3.01. The zero-order valence-electron chi connectivity index (χ0n) is 12.3. The summed E-state index contributed by atoms with van der Waals surface area (Å²) in [6, 6.07) is 0. The van der Waals surface area contributed by atoms with E-state index in [1.807, 2.05) is 20.8 Å². The standard InChI is InChI=1S/C12H23N3O4S/c1-4-8-20(16,17)9-7-15-10-11(13-14-15)12(18-5-2)19-6-3/h10,12H,4-9H2,1-3H3. The molecular weight excluding hydrogens is 282 g/mol. The molecule has 0 bridgehead atoms. The number of hydrogen-bond donors (Lipinski definition) is 0. The van der Waals surface area contributed by atoms with Crippen molar-refractivity contribution < 1.29 is 17.9 Å². The van der Waals surface area contributed by atoms with E-state index >= 15 is 0 Å². The molecule has 1 heterocycles. The Morgan fingerprint density at radius 1 is 1.20 bits per heavy atom. The average Bonchev–Trinajstić information content (AvgIpc) is 2.85. The molecule has 0 saturated carbocycles. The molecule has 0 spiro atoms. The van der Waals surface area contributed by atoms with E-state index in [0.717, 1.165) is 0 Å². The van der Waals surface area contributed by atoms with Crippen molar-refractivity contribution in [3.8, 4) is 0 Å². The first-order valence-electron chi connectivity index (χ1n) is 6.86. The lowest BCUT2D eigenvalue weighted by molar-refractivity contribution is -0.142. The third-order valence-corrected chi connectivity index (χ3v) is 4.42. The van der Waals surface area contributed by atoms with Crippen LogP contribution in [0, 0.1) is 0 Å². The molecule has 0 fully saturated rings. The minimum Gasteiger partial charge on any atom is -0.347 e. The third kappa shape index (κ3) is 5.56. The molecule has 0 radical (unpaired) electrons. The van der Waals surface area contributed by atoms with Crippen LogP contribution in [-0.4, -0.2) is 48.1 Å². The maximum absolute atomic E-state index is 11.6. The van der Waals surface area contributed by atoms with Gasteiger partial charge in [-0.2, -0.15) is 0 Å². The van der Waals surface area contributed by atoms with Crippen LogP contribution in [0.1, 0.15) is 39.2 Å². The summed E-state index contributed by atoms with van der Waals surface area (Å²) in [5, 5.41) is 7.88. The molecule has 0 N–H and O–H groups in total. The Hall–Kier alpha value is -0.990. The Labute approximate surface area is 120 Å². The maximum atomic E-state index is 11.6. The fraction of sp³-hybridized carbons (Fsp3) is 0.833. The van der Waals surface area contributed by atoms with Gasteiger partial charge >= 0.3 is 0 Å². The van der Waals surface area contributed by atoms with E-state index in [1.165, 1.54) is 4.68 Å². The average molecular weight is 305 g/mol. The van der Waals surface area contributed by atoms with E-state index in [-0.39, 0.29) is 11.5 Å². The highest BCUT2D eigenvalue weighted by molar-refractivity contribution is 7.91. The van der Waals surface area contributed by atoms with E-state index < -0.39 is 16.1 Å². The Balaban J connectivity index is 2.62. The fourth-order valence-electron chi connectivity index (χ4n) is 1.70. The van der Waals surface area contributed by atoms with Gasteiger partial charge < -0.3 is 9.47 Å². The number of sulfone groups is 1. The number of aromatic nitrogens is 3. The van der Waals surface area contributed by atoms with Crippen molar-refractivity contribution in [3.63, 3.8) is 0 Å². The number of hydrogen-bond acceptors (Lipinski definition) is 6. The van der Waals surface area contributed by atoms with Crippen molar-refractivity contribution in [1.29, 1.82) is 0 Å². The highest BCUT2D eigenvalue weighted by atomic mass is 32.2. The molecular formula is C12H23N3O4S. The summed E-state index contributed by atoms with van der Waals surface area (Å²) >= 11 is 0. The summed E-state index contributed by atoms with van der Waals surface area (Å²) in [6.07, 6.45) is 1.74. The van der Waals surface area contributed by atoms with Crippen molar-refractivity contribution in [2.45, 2.75) is 40.0 Å². The van der Waals surface area contributed by atoms with Gasteiger partial charge in [0.05, 0.1) is 18.5 Å². The van der Waals surface area contributed by atoms with Crippen molar-refractivity contribution >= 4 is 9.84 Å². The first kappa shape index (κ1) is 17.1. The molecule has 0 unspecified atom stereocenters. The summed E-state index contributed by atoms with van der Waals surface area (Å²) in [4.78, 5) is 0. The third-order valence-electron chi connectivity index (χ3n) is 2.58. The van der Waals surface area contributed by atoms with Gasteiger partial charge in [0, 0.05) is 19.0 Å². The SMILES string of the molecule is CCCS(=O)(=O)CCn1cc(C(OCC)OCC)nn1. The van der Waals surface area contributed by atoms with Crippen molar-refractivity contribution in [2.24, 2.45) is 0 Å². The second-order valence-electron chi connectivity index (χ2n) is 4.30. The molecule has 20 heavy (non-hydrogen) atoms. The molecule has 116 valence electrons. The van der Waals surface area contributed by atoms with Gasteiger partial charge in [-0.05, 0) is 20.3 Å². The largest absolute Gasteiger partial charge is 0.347 e. The molecule has 0 aliphatic rings. The van der Waals surface area contributed by atoms with Crippen LogP contribution in [0.5, 0.6) is 0 Å². The summed E-state index contributed by atoms with van der Waals surface area (Å²) in [6.45, 7) is 6.88. The van der Waals surface area contributed by atoms with Gasteiger partial charge in [0.25, 0.3) is 0 Å². The van der Waals surface area contributed by atoms with Crippen molar-refractivity contribution in [3.05, 3.63) is 11.9 Å². The predicted octanol–water partition coefficient (Wildman–Crippen LogP) is 1.17. The Morgan fingerprint density at radius 2 is 1.85 bits per heavy atom. The van der Waals surface area contributed by atoms with Crippen LogP contribution < -0.4 is 0 Å². The van der Waals surface area contributed by atoms with Crippen LogP contribution in [0.15, 0.2) is 6.20 Å². The van der Waals surface area contributed by atoms with E-state index in [9.17, 15) is 8.42 Å². The van der Waals surface area contributed by atoms with Crippen molar-refractivity contribution in [1.82, 2.24) is 15.0 Å². The summed E-state index contributed by atoms with van der Waals surface area (Å²) in [5.74, 6) is 0.270. The smallest absolute Gasteiger partial charge is 0.204 e. The first-order chi connectivity index (χ1) is 9.52. The second kappa shape index (κ2) is 8.33. The van der Waals surface area contributed by atoms with Crippen LogP contribution in [0.4, 0.5) is 0 Å². The highest BCUT2D eigenvalue weighted by Gasteiger charge is 2.16. The van der Waals surface area contributed by atoms with E-state index in [2.05, 4.69) is 10.3 Å². The Bertz CT molecular complexity index is 481. The van der Waals surface area contributed by atoms with E-state index in [0.29, 0.717) is 31.9 Å². The quantitative estimate of drug-likeness (QED) is 0.603. The second-order valence-corrected chi connectivity index (χ2v) is 6.60. The first-order valence-corrected chi connectivity index (χ1v) is 8.68. The summed E-state index contributed by atoms with van der Waals surface area (Å²) in [7, 11) is -3.01. The Morgan fingerprint density at radius 3 is 2.40 bits per heavy atom. The molecule has 0 atom stereocenters. The van der Waals surface area contributed by atoms with Crippen LogP contribution in [0.25, 0.3) is 0 Å². The lowest BCUT2D eigenvalue weighted by Gasteiger charge is -2.13. The van der Waals surface area contributed by atoms with Gasteiger partial charge in [-0.3, -0.25) is 4.68 Å². The molecule has 0 aliphatic heterocycles. The highest BCUT2D eigenvalue weighted by Crippen LogP contribution is 2.15. The molecule has 0 aromatic carbocycles. The molecule has 7 nitrogen and oxygen atoms in total. The van der Waals surface area contributed by atoms with E-state index in [1.54, 1.807) is 6.20 Å². The summed E-state index contributed by atoms with van der Waals surface area (Å²) in [5.41, 5.74) is 0.557. The van der Waals surface area contributed by atoms with Crippen molar-refractivity contribution in [2.75, 3.05) is 24.7 Å². The monoisotopic (exact) mass is 305 g/mol. The van der Waals surface area contributed by atoms with E-state index in [4.69, 9.17) is 9.47 Å². The number of aryl methyl sites for hydroxylation is 1. The topological polar surface area (TPSA) is 83.3 Å². The molecule has 0 amide bonds. The number of rotatable bonds is 10. The van der Waals surface area contributed by atoms with Gasteiger partial charge in [-0.1, -0.05) is 12.1 Å². The number of ether oxygens (including phenoxy) is 2. The normalized spacial score (nSPS) is 12.2. The van der Waals surface area contributed by atoms with Gasteiger partial charge in [0.15, 0.2) is 9.84 Å². The predicted molar refractivity (Wildman–Crippen MR) is 75.0 cm³/mol. The van der Waals surface area contributed by atoms with Crippen LogP contribution in [0.2, 0.25) is 0 Å².